The molecule has 146 valence electrons. The number of carboxylic acids is 1. The van der Waals surface area contributed by atoms with Gasteiger partial charge in [-0.2, -0.15) is 8.42 Å². The van der Waals surface area contributed by atoms with Gasteiger partial charge >= 0.3 is 11.9 Å². The van der Waals surface area contributed by atoms with Crippen molar-refractivity contribution in [2.24, 2.45) is 11.7 Å². The Bertz CT molecular complexity index is 761. The molecule has 1 unspecified atom stereocenters. The third kappa shape index (κ3) is 5.79. The van der Waals surface area contributed by atoms with Gasteiger partial charge in [0.25, 0.3) is 10.1 Å². The highest BCUT2D eigenvalue weighted by atomic mass is 32.2. The van der Waals surface area contributed by atoms with E-state index in [0.717, 1.165) is 12.5 Å². The summed E-state index contributed by atoms with van der Waals surface area (Å²) in [7, 11) is -4.19. The van der Waals surface area contributed by atoms with Crippen LogP contribution in [0.4, 0.5) is 0 Å². The molecule has 0 heterocycles. The van der Waals surface area contributed by atoms with Gasteiger partial charge in [0, 0.05) is 0 Å². The molecule has 3 N–H and O–H groups in total. The van der Waals surface area contributed by atoms with Gasteiger partial charge in [-0.05, 0) is 46.8 Å². The normalized spacial score (nSPS) is 15.8. The van der Waals surface area contributed by atoms with E-state index < -0.39 is 45.7 Å². The summed E-state index contributed by atoms with van der Waals surface area (Å²) in [5, 5.41) is 9.30. The molecule has 1 rings (SSSR count). The van der Waals surface area contributed by atoms with Crippen LogP contribution in [0, 0.1) is 12.8 Å². The summed E-state index contributed by atoms with van der Waals surface area (Å²) in [6, 6.07) is 5.88. The van der Waals surface area contributed by atoms with Crippen LogP contribution in [0.5, 0.6) is 0 Å². The van der Waals surface area contributed by atoms with E-state index in [9.17, 15) is 23.1 Å². The molecular weight excluding hydrogens is 362 g/mol. The van der Waals surface area contributed by atoms with Gasteiger partial charge in [0.2, 0.25) is 0 Å². The minimum absolute atomic E-state index is 0.111. The second-order valence-corrected chi connectivity index (χ2v) is 8.84. The molecule has 9 heteroatoms. The fourth-order valence-corrected chi connectivity index (χ4v) is 2.86. The first-order valence-corrected chi connectivity index (χ1v) is 9.29. The maximum absolute atomic E-state index is 12.4. The summed E-state index contributed by atoms with van der Waals surface area (Å²) in [6.07, 6.45) is 0. The van der Waals surface area contributed by atoms with Crippen molar-refractivity contribution in [3.63, 3.8) is 0 Å². The number of hydrogen-bond acceptors (Lipinski definition) is 7. The van der Waals surface area contributed by atoms with Crippen molar-refractivity contribution in [2.45, 2.75) is 50.7 Å². The summed E-state index contributed by atoms with van der Waals surface area (Å²) in [5.74, 6) is -3.96. The Morgan fingerprint density at radius 2 is 1.65 bits per heavy atom. The van der Waals surface area contributed by atoms with E-state index in [1.54, 1.807) is 39.8 Å². The maximum Gasteiger partial charge on any atom is 0.324 e. The molecule has 0 fully saturated rings. The molecule has 0 aliphatic rings. The number of ether oxygens (including phenoxy) is 1. The van der Waals surface area contributed by atoms with E-state index in [-0.39, 0.29) is 4.90 Å². The smallest absolute Gasteiger partial charge is 0.324 e. The van der Waals surface area contributed by atoms with Crippen molar-refractivity contribution in [1.29, 1.82) is 0 Å². The van der Waals surface area contributed by atoms with E-state index >= 15 is 0 Å². The molecule has 0 aromatic heterocycles. The number of aryl methyl sites for hydroxylation is 1. The van der Waals surface area contributed by atoms with Crippen molar-refractivity contribution in [3.05, 3.63) is 29.8 Å². The first kappa shape index (κ1) is 22.1. The van der Waals surface area contributed by atoms with Crippen molar-refractivity contribution in [1.82, 2.24) is 0 Å². The third-order valence-electron chi connectivity index (χ3n) is 3.58. The lowest BCUT2D eigenvalue weighted by Crippen LogP contribution is -2.57. The van der Waals surface area contributed by atoms with Crippen molar-refractivity contribution in [3.8, 4) is 0 Å². The van der Waals surface area contributed by atoms with Crippen LogP contribution in [0.1, 0.15) is 33.3 Å². The predicted molar refractivity (Wildman–Crippen MR) is 93.9 cm³/mol. The number of carboxylic acid groups (broad SMARTS) is 1. The summed E-state index contributed by atoms with van der Waals surface area (Å²) in [6.45, 7) is 6.93. The molecule has 0 radical (unpaired) electrons. The molecule has 1 aromatic rings. The van der Waals surface area contributed by atoms with Crippen LogP contribution in [-0.4, -0.2) is 43.2 Å². The lowest BCUT2D eigenvalue weighted by atomic mass is 9.87. The average Bonchev–Trinajstić information content (AvgIpc) is 2.45. The Labute approximate surface area is 153 Å². The zero-order valence-corrected chi connectivity index (χ0v) is 16.3. The number of hydrogen-bond donors (Lipinski definition) is 2. The molecule has 1 aromatic carbocycles. The summed E-state index contributed by atoms with van der Waals surface area (Å²) in [5.41, 5.74) is 3.61. The number of nitrogens with two attached hydrogens (primary N) is 1. The lowest BCUT2D eigenvalue weighted by molar-refractivity contribution is -0.168. The SMILES string of the molecule is Cc1ccc(S(=O)(=O)OCC(C(=O)OC(C)(C)C)[C@](C)(N)C(=O)O)cc1. The zero-order chi connectivity index (χ0) is 20.3. The van der Waals surface area contributed by atoms with E-state index in [4.69, 9.17) is 14.7 Å². The summed E-state index contributed by atoms with van der Waals surface area (Å²) >= 11 is 0. The Morgan fingerprint density at radius 1 is 1.15 bits per heavy atom. The number of carbonyl (C=O) groups excluding carboxylic acids is 1. The quantitative estimate of drug-likeness (QED) is 0.531. The van der Waals surface area contributed by atoms with Crippen LogP contribution >= 0.6 is 0 Å². The summed E-state index contributed by atoms with van der Waals surface area (Å²) in [4.78, 5) is 23.7. The number of esters is 1. The first-order valence-electron chi connectivity index (χ1n) is 7.88. The van der Waals surface area contributed by atoms with Gasteiger partial charge in [-0.25, -0.2) is 0 Å². The van der Waals surface area contributed by atoms with Gasteiger partial charge in [-0.15, -0.1) is 0 Å². The van der Waals surface area contributed by atoms with Gasteiger partial charge in [0.1, 0.15) is 17.1 Å². The number of carbonyl (C=O) groups is 2. The van der Waals surface area contributed by atoms with Crippen LogP contribution in [-0.2, 0) is 28.6 Å². The van der Waals surface area contributed by atoms with E-state index in [1.807, 2.05) is 0 Å². The van der Waals surface area contributed by atoms with E-state index in [1.165, 1.54) is 12.1 Å². The third-order valence-corrected chi connectivity index (χ3v) is 4.87. The monoisotopic (exact) mass is 387 g/mol. The topological polar surface area (TPSA) is 133 Å². The Morgan fingerprint density at radius 3 is 2.08 bits per heavy atom. The molecule has 2 atom stereocenters. The van der Waals surface area contributed by atoms with Crippen molar-refractivity contribution >= 4 is 22.1 Å². The molecule has 0 spiro atoms. The molecule has 8 nitrogen and oxygen atoms in total. The van der Waals surface area contributed by atoms with Crippen LogP contribution in [0.15, 0.2) is 29.2 Å². The fraction of sp³-hybridized carbons (Fsp3) is 0.529. The highest BCUT2D eigenvalue weighted by molar-refractivity contribution is 7.86. The molecule has 0 aliphatic heterocycles. The predicted octanol–water partition coefficient (Wildman–Crippen LogP) is 1.46. The van der Waals surface area contributed by atoms with Crippen LogP contribution in [0.25, 0.3) is 0 Å². The van der Waals surface area contributed by atoms with Gasteiger partial charge in [-0.1, -0.05) is 17.7 Å². The minimum Gasteiger partial charge on any atom is -0.480 e. The summed E-state index contributed by atoms with van der Waals surface area (Å²) < 4.78 is 34.7. The Balaban J connectivity index is 3.08. The molecule has 0 saturated heterocycles. The van der Waals surface area contributed by atoms with Crippen molar-refractivity contribution < 1.29 is 32.0 Å². The number of benzene rings is 1. The Kier molecular flexibility index (Phi) is 6.56. The van der Waals surface area contributed by atoms with E-state index in [2.05, 4.69) is 0 Å². The lowest BCUT2D eigenvalue weighted by Gasteiger charge is -2.31. The van der Waals surface area contributed by atoms with Gasteiger partial charge in [-0.3, -0.25) is 13.8 Å². The number of rotatable bonds is 7. The number of aliphatic carboxylic acids is 1. The van der Waals surface area contributed by atoms with Crippen molar-refractivity contribution in [2.75, 3.05) is 6.61 Å². The van der Waals surface area contributed by atoms with Gasteiger partial charge < -0.3 is 15.6 Å². The van der Waals surface area contributed by atoms with Gasteiger partial charge in [0.05, 0.1) is 11.5 Å². The largest absolute Gasteiger partial charge is 0.480 e. The first-order chi connectivity index (χ1) is 11.7. The Hall–Kier alpha value is -1.97. The van der Waals surface area contributed by atoms with Crippen LogP contribution in [0.2, 0.25) is 0 Å². The highest BCUT2D eigenvalue weighted by Crippen LogP contribution is 2.23. The van der Waals surface area contributed by atoms with Gasteiger partial charge in [0.15, 0.2) is 0 Å². The molecule has 26 heavy (non-hydrogen) atoms. The maximum atomic E-state index is 12.4. The highest BCUT2D eigenvalue weighted by Gasteiger charge is 2.45. The van der Waals surface area contributed by atoms with E-state index in [0.29, 0.717) is 0 Å². The zero-order valence-electron chi connectivity index (χ0n) is 15.5. The second kappa shape index (κ2) is 7.73. The molecule has 0 bridgehead atoms. The second-order valence-electron chi connectivity index (χ2n) is 7.23. The minimum atomic E-state index is -4.19. The van der Waals surface area contributed by atoms with Crippen LogP contribution in [0.3, 0.4) is 0 Å². The van der Waals surface area contributed by atoms with Crippen LogP contribution < -0.4 is 5.73 Å². The molecule has 0 amide bonds. The fourth-order valence-electron chi connectivity index (χ4n) is 1.94. The molecule has 0 saturated carbocycles. The standard InChI is InChI=1S/C17H25NO7S/c1-11-6-8-12(9-7-11)26(22,23)24-10-13(17(5,18)15(20)21)14(19)25-16(2,3)4/h6-9,13H,10,18H2,1-5H3,(H,20,21)/t13?,17-/m0/s1. The molecular formula is C17H25NO7S. The average molecular weight is 387 g/mol. The molecule has 0 aliphatic carbocycles.